The van der Waals surface area contributed by atoms with Gasteiger partial charge in [-0.25, -0.2) is 4.98 Å². The van der Waals surface area contributed by atoms with Gasteiger partial charge in [0, 0.05) is 36.9 Å². The first-order valence-electron chi connectivity index (χ1n) is 9.55. The Balaban J connectivity index is 1.45. The first-order chi connectivity index (χ1) is 13.5. The maximum absolute atomic E-state index is 12.8. The highest BCUT2D eigenvalue weighted by Gasteiger charge is 2.44. The number of hydrogen-bond donors (Lipinski definition) is 3. The van der Waals surface area contributed by atoms with Crippen LogP contribution in [0, 0.1) is 0 Å². The highest BCUT2D eigenvalue weighted by molar-refractivity contribution is 5.94. The summed E-state index contributed by atoms with van der Waals surface area (Å²) in [7, 11) is 0. The third-order valence-corrected chi connectivity index (χ3v) is 5.70. The van der Waals surface area contributed by atoms with Crippen LogP contribution in [-0.2, 0) is 4.74 Å². The number of carbonyl (C=O) groups excluding carboxylic acids is 1. The van der Waals surface area contributed by atoms with Gasteiger partial charge >= 0.3 is 0 Å². The second kappa shape index (κ2) is 7.37. The summed E-state index contributed by atoms with van der Waals surface area (Å²) in [6.45, 7) is 1.79. The Morgan fingerprint density at radius 1 is 1.29 bits per heavy atom. The molecule has 2 fully saturated rings. The number of hydrogen-bond acceptors (Lipinski definition) is 6. The van der Waals surface area contributed by atoms with Gasteiger partial charge in [-0.1, -0.05) is 12.1 Å². The lowest BCUT2D eigenvalue weighted by molar-refractivity contribution is -0.174. The molecule has 0 bridgehead atoms. The fourth-order valence-corrected chi connectivity index (χ4v) is 4.07. The van der Waals surface area contributed by atoms with E-state index in [2.05, 4.69) is 9.97 Å². The van der Waals surface area contributed by atoms with Crippen molar-refractivity contribution >= 4 is 11.9 Å². The van der Waals surface area contributed by atoms with Crippen LogP contribution in [0.1, 0.15) is 36.0 Å². The maximum Gasteiger partial charge on any atom is 0.253 e. The number of ether oxygens (including phenoxy) is 1. The molecule has 1 amide bonds. The average Bonchev–Trinajstić information content (AvgIpc) is 2.70. The van der Waals surface area contributed by atoms with Crippen molar-refractivity contribution in [3.8, 4) is 11.3 Å². The normalized spacial score (nSPS) is 21.6. The van der Waals surface area contributed by atoms with Crippen molar-refractivity contribution in [1.82, 2.24) is 14.9 Å². The van der Waals surface area contributed by atoms with Crippen molar-refractivity contribution < 1.29 is 14.6 Å². The summed E-state index contributed by atoms with van der Waals surface area (Å²) < 4.78 is 5.90. The number of rotatable bonds is 2. The number of H-pyrrole nitrogens is 1. The molecular weight excluding hydrogens is 360 g/mol. The Labute approximate surface area is 162 Å². The number of nitrogens with one attached hydrogen (secondary N) is 1. The number of nitrogen functional groups attached to an aromatic ring is 1. The van der Waals surface area contributed by atoms with Crippen molar-refractivity contribution in [2.45, 2.75) is 37.4 Å². The van der Waals surface area contributed by atoms with E-state index in [1.54, 1.807) is 29.2 Å². The van der Waals surface area contributed by atoms with E-state index in [0.29, 0.717) is 49.4 Å². The maximum atomic E-state index is 12.8. The molecule has 0 radical (unpaired) electrons. The minimum atomic E-state index is -0.495. The Hall–Kier alpha value is -2.71. The molecule has 2 aromatic rings. The van der Waals surface area contributed by atoms with Crippen molar-refractivity contribution in [2.75, 3.05) is 25.4 Å². The van der Waals surface area contributed by atoms with E-state index in [1.165, 1.54) is 6.07 Å². The second-order valence-electron chi connectivity index (χ2n) is 7.46. The summed E-state index contributed by atoms with van der Waals surface area (Å²) in [4.78, 5) is 32.7. The molecule has 0 saturated carbocycles. The molecule has 1 atom stereocenters. The van der Waals surface area contributed by atoms with E-state index >= 15 is 0 Å². The zero-order chi connectivity index (χ0) is 19.7. The van der Waals surface area contributed by atoms with Crippen molar-refractivity contribution in [2.24, 2.45) is 0 Å². The predicted octanol–water partition coefficient (Wildman–Crippen LogP) is 1.17. The SMILES string of the molecule is Nc1nc(-c2ccc(C(=O)N3CCC4(CC3)OCCC[C@H]4O)cc2)cc(=O)[nH]1. The number of anilines is 1. The van der Waals surface area contributed by atoms with Crippen LogP contribution in [0.25, 0.3) is 11.3 Å². The van der Waals surface area contributed by atoms with Gasteiger partial charge in [-0.3, -0.25) is 14.6 Å². The quantitative estimate of drug-likeness (QED) is 0.714. The van der Waals surface area contributed by atoms with Gasteiger partial charge < -0.3 is 20.5 Å². The molecule has 0 unspecified atom stereocenters. The molecule has 2 aliphatic rings. The summed E-state index contributed by atoms with van der Waals surface area (Å²) in [6, 6.07) is 8.34. The van der Waals surface area contributed by atoms with E-state index in [9.17, 15) is 14.7 Å². The molecule has 148 valence electrons. The van der Waals surface area contributed by atoms with E-state index in [-0.39, 0.29) is 17.4 Å². The summed E-state index contributed by atoms with van der Waals surface area (Å²) >= 11 is 0. The van der Waals surface area contributed by atoms with Crippen LogP contribution in [0.5, 0.6) is 0 Å². The number of carbonyl (C=O) groups is 1. The summed E-state index contributed by atoms with van der Waals surface area (Å²) in [5.41, 5.74) is 6.52. The highest BCUT2D eigenvalue weighted by Crippen LogP contribution is 2.35. The Morgan fingerprint density at radius 2 is 2.00 bits per heavy atom. The number of nitrogens with zero attached hydrogens (tertiary/aromatic N) is 2. The molecule has 0 aliphatic carbocycles. The number of aliphatic hydroxyl groups excluding tert-OH is 1. The number of piperidine rings is 1. The van der Waals surface area contributed by atoms with Gasteiger partial charge in [-0.05, 0) is 37.8 Å². The van der Waals surface area contributed by atoms with Crippen molar-refractivity contribution in [3.63, 3.8) is 0 Å². The van der Waals surface area contributed by atoms with Crippen LogP contribution in [0.2, 0.25) is 0 Å². The van der Waals surface area contributed by atoms with E-state index in [1.807, 2.05) is 0 Å². The van der Waals surface area contributed by atoms with Gasteiger partial charge in [0.25, 0.3) is 11.5 Å². The summed E-state index contributed by atoms with van der Waals surface area (Å²) in [5.74, 6) is 0.00194. The highest BCUT2D eigenvalue weighted by atomic mass is 16.5. The molecule has 8 heteroatoms. The van der Waals surface area contributed by atoms with Crippen LogP contribution < -0.4 is 11.3 Å². The molecule has 28 heavy (non-hydrogen) atoms. The van der Waals surface area contributed by atoms with Crippen LogP contribution in [0.15, 0.2) is 35.1 Å². The van der Waals surface area contributed by atoms with Gasteiger partial charge in [-0.2, -0.15) is 0 Å². The van der Waals surface area contributed by atoms with Crippen LogP contribution in [0.4, 0.5) is 5.95 Å². The minimum Gasteiger partial charge on any atom is -0.390 e. The van der Waals surface area contributed by atoms with Crippen LogP contribution >= 0.6 is 0 Å². The number of benzene rings is 1. The second-order valence-corrected chi connectivity index (χ2v) is 7.46. The lowest BCUT2D eigenvalue weighted by Crippen LogP contribution is -2.56. The molecule has 1 spiro atoms. The number of amides is 1. The third kappa shape index (κ3) is 3.53. The van der Waals surface area contributed by atoms with Crippen molar-refractivity contribution in [3.05, 3.63) is 46.2 Å². The first kappa shape index (κ1) is 18.6. The number of aliphatic hydroxyl groups is 1. The van der Waals surface area contributed by atoms with Crippen molar-refractivity contribution in [1.29, 1.82) is 0 Å². The van der Waals surface area contributed by atoms with Gasteiger partial charge in [0.05, 0.1) is 17.4 Å². The van der Waals surface area contributed by atoms with Gasteiger partial charge in [0.1, 0.15) is 0 Å². The monoisotopic (exact) mass is 384 g/mol. The minimum absolute atomic E-state index is 0.0509. The van der Waals surface area contributed by atoms with E-state index in [0.717, 1.165) is 12.8 Å². The zero-order valence-electron chi connectivity index (χ0n) is 15.6. The molecule has 4 N–H and O–H groups in total. The third-order valence-electron chi connectivity index (χ3n) is 5.70. The Kier molecular flexibility index (Phi) is 4.91. The zero-order valence-corrected chi connectivity index (χ0v) is 15.6. The molecular formula is C20H24N4O4. The Bertz CT molecular complexity index is 917. The van der Waals surface area contributed by atoms with Crippen LogP contribution in [-0.4, -0.2) is 57.3 Å². The molecule has 1 aromatic heterocycles. The molecule has 2 saturated heterocycles. The fraction of sp³-hybridized carbons (Fsp3) is 0.450. The largest absolute Gasteiger partial charge is 0.390 e. The summed E-state index contributed by atoms with van der Waals surface area (Å²) in [5, 5.41) is 10.3. The standard InChI is InChI=1S/C20H24N4O4/c21-19-22-15(12-17(26)23-19)13-3-5-14(6-4-13)18(27)24-9-7-20(8-10-24)16(25)2-1-11-28-20/h3-6,12,16,25H,1-2,7-11H2,(H3,21,22,23,26)/t16-/m1/s1. The number of nitrogens with two attached hydrogens (primary N) is 1. The van der Waals surface area contributed by atoms with E-state index < -0.39 is 11.7 Å². The Morgan fingerprint density at radius 3 is 2.64 bits per heavy atom. The molecule has 4 rings (SSSR count). The van der Waals surface area contributed by atoms with E-state index in [4.69, 9.17) is 10.5 Å². The molecule has 1 aromatic carbocycles. The van der Waals surface area contributed by atoms with Crippen LogP contribution in [0.3, 0.4) is 0 Å². The fourth-order valence-electron chi connectivity index (χ4n) is 4.07. The summed E-state index contributed by atoms with van der Waals surface area (Å²) in [6.07, 6.45) is 2.48. The van der Waals surface area contributed by atoms with Gasteiger partial charge in [0.15, 0.2) is 0 Å². The lowest BCUT2D eigenvalue weighted by atomic mass is 9.82. The predicted molar refractivity (Wildman–Crippen MR) is 104 cm³/mol. The van der Waals surface area contributed by atoms with Gasteiger partial charge in [0.2, 0.25) is 5.95 Å². The molecule has 2 aliphatic heterocycles. The average molecular weight is 384 g/mol. The van der Waals surface area contributed by atoms with Gasteiger partial charge in [-0.15, -0.1) is 0 Å². The number of likely N-dealkylation sites (tertiary alicyclic amines) is 1. The lowest BCUT2D eigenvalue weighted by Gasteiger charge is -2.46. The molecule has 3 heterocycles. The first-order valence-corrected chi connectivity index (χ1v) is 9.55. The number of aromatic amines is 1. The number of aromatic nitrogens is 2. The molecule has 8 nitrogen and oxygen atoms in total. The smallest absolute Gasteiger partial charge is 0.253 e. The topological polar surface area (TPSA) is 122 Å².